The molecule has 0 aromatic heterocycles. The van der Waals surface area contributed by atoms with Gasteiger partial charge in [0.25, 0.3) is 0 Å². The number of hydrogen-bond acceptors (Lipinski definition) is 4. The van der Waals surface area contributed by atoms with E-state index in [0.717, 1.165) is 17.7 Å². The molecule has 2 atom stereocenters. The van der Waals surface area contributed by atoms with E-state index in [-0.39, 0.29) is 30.3 Å². The predicted octanol–water partition coefficient (Wildman–Crippen LogP) is 1.16. The van der Waals surface area contributed by atoms with Crippen molar-refractivity contribution in [3.63, 3.8) is 0 Å². The first kappa shape index (κ1) is 16.1. The first-order valence-electron chi connectivity index (χ1n) is 7.12. The molecule has 5 nitrogen and oxygen atoms in total. The Labute approximate surface area is 130 Å². The van der Waals surface area contributed by atoms with E-state index in [0.29, 0.717) is 32.8 Å². The zero-order chi connectivity index (χ0) is 13.9. The van der Waals surface area contributed by atoms with Gasteiger partial charge in [0.15, 0.2) is 0 Å². The topological polar surface area (TPSA) is 64.8 Å². The number of hydrogen-bond donors (Lipinski definition) is 1. The summed E-state index contributed by atoms with van der Waals surface area (Å²) in [6, 6.07) is 7.80. The van der Waals surface area contributed by atoms with Gasteiger partial charge in [-0.25, -0.2) is 0 Å². The van der Waals surface area contributed by atoms with Crippen LogP contribution in [0.15, 0.2) is 24.3 Å². The van der Waals surface area contributed by atoms with Crippen LogP contribution in [0.1, 0.15) is 17.9 Å². The van der Waals surface area contributed by atoms with Gasteiger partial charge in [-0.3, -0.25) is 4.79 Å². The van der Waals surface area contributed by atoms with E-state index in [1.54, 1.807) is 0 Å². The van der Waals surface area contributed by atoms with Gasteiger partial charge in [0, 0.05) is 25.2 Å². The Morgan fingerprint density at radius 3 is 2.95 bits per heavy atom. The third-order valence-corrected chi connectivity index (χ3v) is 3.97. The van der Waals surface area contributed by atoms with Crippen molar-refractivity contribution < 1.29 is 14.3 Å². The molecule has 0 radical (unpaired) electrons. The summed E-state index contributed by atoms with van der Waals surface area (Å²) < 4.78 is 11.1. The number of morpholine rings is 1. The minimum absolute atomic E-state index is 0. The summed E-state index contributed by atoms with van der Waals surface area (Å²) >= 11 is 0. The molecule has 0 bridgehead atoms. The highest BCUT2D eigenvalue weighted by molar-refractivity contribution is 5.85. The van der Waals surface area contributed by atoms with Gasteiger partial charge in [-0.15, -0.1) is 12.4 Å². The van der Waals surface area contributed by atoms with Crippen molar-refractivity contribution in [2.75, 3.05) is 32.8 Å². The number of para-hydroxylation sites is 1. The van der Waals surface area contributed by atoms with E-state index in [2.05, 4.69) is 0 Å². The van der Waals surface area contributed by atoms with E-state index >= 15 is 0 Å². The van der Waals surface area contributed by atoms with Crippen LogP contribution in [-0.2, 0) is 9.53 Å². The normalized spacial score (nSPS) is 24.5. The SMILES string of the molecule is Cl.NCC1CN(C(=O)C2CCOc3ccccc32)CCO1. The van der Waals surface area contributed by atoms with Gasteiger partial charge in [0.1, 0.15) is 5.75 Å². The summed E-state index contributed by atoms with van der Waals surface area (Å²) in [5.74, 6) is 0.903. The van der Waals surface area contributed by atoms with E-state index in [4.69, 9.17) is 15.2 Å². The number of nitrogens with two attached hydrogens (primary N) is 1. The van der Waals surface area contributed by atoms with Gasteiger partial charge < -0.3 is 20.1 Å². The minimum Gasteiger partial charge on any atom is -0.493 e. The largest absolute Gasteiger partial charge is 0.493 e. The lowest BCUT2D eigenvalue weighted by molar-refractivity contribution is -0.140. The Bertz CT molecular complexity index is 498. The van der Waals surface area contributed by atoms with Crippen molar-refractivity contribution in [3.8, 4) is 5.75 Å². The standard InChI is InChI=1S/C15H20N2O3.ClH/c16-9-11-10-17(6-8-19-11)15(18)13-5-7-20-14-4-2-1-3-12(13)14;/h1-4,11,13H,5-10,16H2;1H. The summed E-state index contributed by atoms with van der Waals surface area (Å²) in [7, 11) is 0. The smallest absolute Gasteiger partial charge is 0.230 e. The van der Waals surface area contributed by atoms with Crippen molar-refractivity contribution in [3.05, 3.63) is 29.8 Å². The highest BCUT2D eigenvalue weighted by Gasteiger charge is 2.33. The highest BCUT2D eigenvalue weighted by Crippen LogP contribution is 2.34. The van der Waals surface area contributed by atoms with E-state index in [1.807, 2.05) is 29.2 Å². The number of nitrogens with zero attached hydrogens (tertiary/aromatic N) is 1. The molecule has 21 heavy (non-hydrogen) atoms. The average Bonchev–Trinajstić information content (AvgIpc) is 2.53. The number of halogens is 1. The van der Waals surface area contributed by atoms with Crippen LogP contribution in [0.25, 0.3) is 0 Å². The molecule has 2 unspecified atom stereocenters. The molecule has 6 heteroatoms. The van der Waals surface area contributed by atoms with Gasteiger partial charge in [0.2, 0.25) is 5.91 Å². The molecule has 0 spiro atoms. The van der Waals surface area contributed by atoms with Crippen molar-refractivity contribution in [1.82, 2.24) is 4.90 Å². The number of carbonyl (C=O) groups is 1. The number of ether oxygens (including phenoxy) is 2. The first-order valence-corrected chi connectivity index (χ1v) is 7.12. The van der Waals surface area contributed by atoms with Crippen molar-refractivity contribution in [2.45, 2.75) is 18.4 Å². The minimum atomic E-state index is -0.100. The van der Waals surface area contributed by atoms with Crippen LogP contribution in [0.3, 0.4) is 0 Å². The third-order valence-electron chi connectivity index (χ3n) is 3.97. The fourth-order valence-electron chi connectivity index (χ4n) is 2.88. The molecular formula is C15H21ClN2O3. The van der Waals surface area contributed by atoms with Crippen LogP contribution in [-0.4, -0.2) is 49.8 Å². The summed E-state index contributed by atoms with van der Waals surface area (Å²) in [5, 5.41) is 0. The zero-order valence-corrected chi connectivity index (χ0v) is 12.7. The lowest BCUT2D eigenvalue weighted by Crippen LogP contribution is -2.49. The monoisotopic (exact) mass is 312 g/mol. The van der Waals surface area contributed by atoms with Gasteiger partial charge in [-0.2, -0.15) is 0 Å². The van der Waals surface area contributed by atoms with Crippen LogP contribution in [0, 0.1) is 0 Å². The summed E-state index contributed by atoms with van der Waals surface area (Å²) in [6.07, 6.45) is 0.698. The van der Waals surface area contributed by atoms with Crippen LogP contribution >= 0.6 is 12.4 Å². The zero-order valence-electron chi connectivity index (χ0n) is 11.9. The Balaban J connectivity index is 0.00000161. The summed E-state index contributed by atoms with van der Waals surface area (Å²) in [6.45, 7) is 2.86. The lowest BCUT2D eigenvalue weighted by atomic mass is 9.91. The van der Waals surface area contributed by atoms with Crippen LogP contribution in [0.4, 0.5) is 0 Å². The lowest BCUT2D eigenvalue weighted by Gasteiger charge is -2.36. The Morgan fingerprint density at radius 1 is 1.33 bits per heavy atom. The van der Waals surface area contributed by atoms with Gasteiger partial charge in [0.05, 0.1) is 25.2 Å². The maximum Gasteiger partial charge on any atom is 0.230 e. The summed E-state index contributed by atoms with van der Waals surface area (Å²) in [4.78, 5) is 14.6. The van der Waals surface area contributed by atoms with Gasteiger partial charge in [-0.05, 0) is 12.5 Å². The average molecular weight is 313 g/mol. The molecule has 0 aliphatic carbocycles. The van der Waals surface area contributed by atoms with Crippen molar-refractivity contribution in [2.24, 2.45) is 5.73 Å². The predicted molar refractivity (Wildman–Crippen MR) is 81.9 cm³/mol. The summed E-state index contributed by atoms with van der Waals surface area (Å²) in [5.41, 5.74) is 6.64. The number of fused-ring (bicyclic) bond motifs is 1. The molecule has 2 heterocycles. The van der Waals surface area contributed by atoms with E-state index in [1.165, 1.54) is 0 Å². The quantitative estimate of drug-likeness (QED) is 0.890. The Hall–Kier alpha value is -1.30. The van der Waals surface area contributed by atoms with Crippen molar-refractivity contribution in [1.29, 1.82) is 0 Å². The second-order valence-corrected chi connectivity index (χ2v) is 5.24. The maximum atomic E-state index is 12.8. The Kier molecular flexibility index (Phi) is 5.45. The molecular weight excluding hydrogens is 292 g/mol. The van der Waals surface area contributed by atoms with Crippen LogP contribution < -0.4 is 10.5 Å². The fraction of sp³-hybridized carbons (Fsp3) is 0.533. The Morgan fingerprint density at radius 2 is 2.14 bits per heavy atom. The molecule has 1 aromatic rings. The van der Waals surface area contributed by atoms with Crippen molar-refractivity contribution >= 4 is 18.3 Å². The second-order valence-electron chi connectivity index (χ2n) is 5.24. The van der Waals surface area contributed by atoms with Crippen LogP contribution in [0.2, 0.25) is 0 Å². The molecule has 1 saturated heterocycles. The second kappa shape index (κ2) is 7.11. The van der Waals surface area contributed by atoms with E-state index < -0.39 is 0 Å². The molecule has 2 N–H and O–H groups in total. The number of benzene rings is 1. The molecule has 2 aliphatic heterocycles. The molecule has 116 valence electrons. The molecule has 1 amide bonds. The van der Waals surface area contributed by atoms with E-state index in [9.17, 15) is 4.79 Å². The maximum absolute atomic E-state index is 12.8. The van der Waals surface area contributed by atoms with Crippen LogP contribution in [0.5, 0.6) is 5.75 Å². The molecule has 0 saturated carbocycles. The highest BCUT2D eigenvalue weighted by atomic mass is 35.5. The molecule has 2 aliphatic rings. The molecule has 3 rings (SSSR count). The first-order chi connectivity index (χ1) is 9.79. The van der Waals surface area contributed by atoms with Gasteiger partial charge >= 0.3 is 0 Å². The third kappa shape index (κ3) is 3.31. The molecule has 1 aromatic carbocycles. The number of carbonyl (C=O) groups excluding carboxylic acids is 1. The van der Waals surface area contributed by atoms with Gasteiger partial charge in [-0.1, -0.05) is 18.2 Å². The fourth-order valence-corrected chi connectivity index (χ4v) is 2.88. The number of amides is 1. The molecule has 1 fully saturated rings. The number of rotatable bonds is 2.